The first kappa shape index (κ1) is 8.14. The van der Waals surface area contributed by atoms with Crippen molar-refractivity contribution >= 4 is 11.7 Å². The molecule has 3 heteroatoms. The number of carbonyl (C=O) groups is 1. The van der Waals surface area contributed by atoms with Crippen LogP contribution in [-0.2, 0) is 9.63 Å². The average molecular weight is 128 g/mol. The smallest absolute Gasteiger partial charge is 0.318 e. The second kappa shape index (κ2) is 4.06. The highest BCUT2D eigenvalue weighted by Crippen LogP contribution is 1.84. The summed E-state index contributed by atoms with van der Waals surface area (Å²) in [5.74, 6) is -0.420. The number of carbonyl (C=O) groups excluding carboxylic acids is 1. The minimum absolute atomic E-state index is 0.420. The van der Waals surface area contributed by atoms with Crippen LogP contribution in [0.3, 0.4) is 0 Å². The van der Waals surface area contributed by atoms with Gasteiger partial charge >= 0.3 is 5.97 Å². The molecule has 0 saturated heterocycles. The largest absolute Gasteiger partial charge is 0.338 e. The minimum Gasteiger partial charge on any atom is -0.318 e. The highest BCUT2D eigenvalue weighted by Gasteiger charge is 1.94. The lowest BCUT2D eigenvalue weighted by Crippen LogP contribution is -1.98. The Labute approximate surface area is 54.7 Å². The van der Waals surface area contributed by atoms with E-state index in [1.54, 1.807) is 20.8 Å². The van der Waals surface area contributed by atoms with Crippen LogP contribution < -0.4 is 0 Å². The van der Waals surface area contributed by atoms with Gasteiger partial charge in [0.1, 0.15) is 0 Å². The van der Waals surface area contributed by atoms with Gasteiger partial charge in [-0.2, -0.15) is 0 Å². The molecule has 0 rings (SSSR count). The summed E-state index contributed by atoms with van der Waals surface area (Å²) >= 11 is 0. The molecule has 1 radical (unpaired) electrons. The number of nitrogens with zero attached hydrogens (tertiary/aromatic N) is 1. The van der Waals surface area contributed by atoms with Gasteiger partial charge in [-0.05, 0) is 13.8 Å². The fourth-order valence-corrected chi connectivity index (χ4v) is 0.189. The Balaban J connectivity index is 3.50. The molecule has 0 unspecified atom stereocenters. The van der Waals surface area contributed by atoms with Crippen molar-refractivity contribution in [2.24, 2.45) is 5.16 Å². The summed E-state index contributed by atoms with van der Waals surface area (Å²) in [6.07, 6.45) is 1.31. The lowest BCUT2D eigenvalue weighted by atomic mass is 10.5. The predicted molar refractivity (Wildman–Crippen MR) is 34.8 cm³/mol. The second-order valence-corrected chi connectivity index (χ2v) is 1.74. The maximum Gasteiger partial charge on any atom is 0.338 e. The number of oxime groups is 1. The van der Waals surface area contributed by atoms with E-state index in [1.165, 1.54) is 6.42 Å². The number of rotatable bonds is 2. The highest BCUT2D eigenvalue weighted by molar-refractivity contribution is 5.82. The van der Waals surface area contributed by atoms with Gasteiger partial charge in [0.25, 0.3) is 0 Å². The van der Waals surface area contributed by atoms with Gasteiger partial charge in [-0.25, -0.2) is 4.79 Å². The van der Waals surface area contributed by atoms with Crippen LogP contribution in [0.25, 0.3) is 0 Å². The van der Waals surface area contributed by atoms with Crippen LogP contribution >= 0.6 is 0 Å². The molecule has 9 heavy (non-hydrogen) atoms. The summed E-state index contributed by atoms with van der Waals surface area (Å²) in [4.78, 5) is 14.7. The van der Waals surface area contributed by atoms with E-state index >= 15 is 0 Å². The minimum atomic E-state index is -0.420. The quantitative estimate of drug-likeness (QED) is 0.318. The van der Waals surface area contributed by atoms with Gasteiger partial charge in [0, 0.05) is 0 Å². The van der Waals surface area contributed by atoms with Crippen molar-refractivity contribution in [3.8, 4) is 0 Å². The maximum atomic E-state index is 10.3. The molecule has 0 spiro atoms. The van der Waals surface area contributed by atoms with E-state index < -0.39 is 5.97 Å². The van der Waals surface area contributed by atoms with Gasteiger partial charge in [-0.3, -0.25) is 0 Å². The molecule has 0 aromatic rings. The molecule has 0 fully saturated rings. The first-order valence-corrected chi connectivity index (χ1v) is 2.68. The van der Waals surface area contributed by atoms with E-state index in [2.05, 4.69) is 9.99 Å². The van der Waals surface area contributed by atoms with Crippen molar-refractivity contribution in [2.75, 3.05) is 0 Å². The van der Waals surface area contributed by atoms with Crippen molar-refractivity contribution in [1.82, 2.24) is 0 Å². The Bertz CT molecular complexity index is 125. The summed E-state index contributed by atoms with van der Waals surface area (Å²) in [7, 11) is 0. The fraction of sp³-hybridized carbons (Fsp3) is 0.500. The molecule has 0 saturated carbocycles. The van der Waals surface area contributed by atoms with Gasteiger partial charge in [0.2, 0.25) is 0 Å². The Kier molecular flexibility index (Phi) is 3.67. The molecule has 0 heterocycles. The van der Waals surface area contributed by atoms with Gasteiger partial charge in [0.05, 0.1) is 12.1 Å². The van der Waals surface area contributed by atoms with Crippen LogP contribution in [0.5, 0.6) is 0 Å². The van der Waals surface area contributed by atoms with E-state index in [9.17, 15) is 4.79 Å². The van der Waals surface area contributed by atoms with Crippen molar-refractivity contribution in [3.63, 3.8) is 0 Å². The topological polar surface area (TPSA) is 38.7 Å². The normalized spacial score (nSPS) is 8.33. The molecule has 0 aromatic heterocycles. The lowest BCUT2D eigenvalue weighted by molar-refractivity contribution is -0.139. The third-order valence-corrected chi connectivity index (χ3v) is 0.554. The SMILES string of the molecule is C[CH]C(=O)ON=C(C)C. The molecule has 0 aliphatic heterocycles. The van der Waals surface area contributed by atoms with Gasteiger partial charge < -0.3 is 4.84 Å². The van der Waals surface area contributed by atoms with Crippen LogP contribution in [0.1, 0.15) is 20.8 Å². The van der Waals surface area contributed by atoms with E-state index in [1.807, 2.05) is 0 Å². The molecule has 0 atom stereocenters. The monoisotopic (exact) mass is 128 g/mol. The van der Waals surface area contributed by atoms with Crippen LogP contribution in [0.15, 0.2) is 5.16 Å². The Morgan fingerprint density at radius 2 is 2.11 bits per heavy atom. The van der Waals surface area contributed by atoms with E-state index in [0.717, 1.165) is 5.71 Å². The van der Waals surface area contributed by atoms with E-state index in [-0.39, 0.29) is 0 Å². The summed E-state index contributed by atoms with van der Waals surface area (Å²) in [5, 5.41) is 3.43. The predicted octanol–water partition coefficient (Wildman–Crippen LogP) is 1.15. The molecular formula is C6H10NO2. The summed E-state index contributed by atoms with van der Waals surface area (Å²) in [6.45, 7) is 5.11. The van der Waals surface area contributed by atoms with Gasteiger partial charge in [0.15, 0.2) is 0 Å². The summed E-state index contributed by atoms with van der Waals surface area (Å²) in [6, 6.07) is 0. The molecule has 51 valence electrons. The Morgan fingerprint density at radius 3 is 2.44 bits per heavy atom. The molecule has 0 bridgehead atoms. The molecule has 0 aliphatic carbocycles. The number of hydrogen-bond acceptors (Lipinski definition) is 3. The zero-order valence-electron chi connectivity index (χ0n) is 5.84. The molecule has 0 aromatic carbocycles. The number of hydrogen-bond donors (Lipinski definition) is 0. The first-order chi connectivity index (χ1) is 4.16. The van der Waals surface area contributed by atoms with Crippen molar-refractivity contribution < 1.29 is 9.63 Å². The zero-order chi connectivity index (χ0) is 7.28. The van der Waals surface area contributed by atoms with Crippen molar-refractivity contribution in [3.05, 3.63) is 6.42 Å². The van der Waals surface area contributed by atoms with Crippen LogP contribution in [-0.4, -0.2) is 11.7 Å². The molecule has 0 aliphatic rings. The second-order valence-electron chi connectivity index (χ2n) is 1.74. The third-order valence-electron chi connectivity index (χ3n) is 0.554. The summed E-state index contributed by atoms with van der Waals surface area (Å²) < 4.78 is 0. The van der Waals surface area contributed by atoms with E-state index in [0.29, 0.717) is 0 Å². The Hall–Kier alpha value is -0.860. The maximum absolute atomic E-state index is 10.3. The molecule has 3 nitrogen and oxygen atoms in total. The molecule has 0 N–H and O–H groups in total. The highest BCUT2D eigenvalue weighted by atomic mass is 16.7. The zero-order valence-corrected chi connectivity index (χ0v) is 5.84. The third kappa shape index (κ3) is 5.00. The van der Waals surface area contributed by atoms with Gasteiger partial charge in [-0.1, -0.05) is 12.1 Å². The van der Waals surface area contributed by atoms with Gasteiger partial charge in [-0.15, -0.1) is 0 Å². The van der Waals surface area contributed by atoms with Crippen molar-refractivity contribution in [2.45, 2.75) is 20.8 Å². The Morgan fingerprint density at radius 1 is 1.56 bits per heavy atom. The van der Waals surface area contributed by atoms with Crippen LogP contribution in [0.4, 0.5) is 0 Å². The standard InChI is InChI=1S/C6H10NO2/c1-4-6(8)9-7-5(2)3/h4H,1-3H3. The van der Waals surface area contributed by atoms with Crippen molar-refractivity contribution in [1.29, 1.82) is 0 Å². The molecule has 0 amide bonds. The van der Waals surface area contributed by atoms with Crippen LogP contribution in [0, 0.1) is 6.42 Å². The average Bonchev–Trinajstić information content (AvgIpc) is 1.83. The molecular weight excluding hydrogens is 118 g/mol. The summed E-state index contributed by atoms with van der Waals surface area (Å²) in [5.41, 5.74) is 0.727. The fourth-order valence-electron chi connectivity index (χ4n) is 0.189. The first-order valence-electron chi connectivity index (χ1n) is 2.68. The van der Waals surface area contributed by atoms with E-state index in [4.69, 9.17) is 0 Å². The van der Waals surface area contributed by atoms with Crippen LogP contribution in [0.2, 0.25) is 0 Å². The lowest BCUT2D eigenvalue weighted by Gasteiger charge is -1.91.